The smallest absolute Gasteiger partial charge is 0.0681 e. The maximum Gasteiger partial charge on any atom is 0.0681 e. The third kappa shape index (κ3) is 3.46. The summed E-state index contributed by atoms with van der Waals surface area (Å²) in [6.45, 7) is 3.30. The molecule has 0 saturated heterocycles. The van der Waals surface area contributed by atoms with E-state index in [0.717, 1.165) is 12.4 Å². The van der Waals surface area contributed by atoms with Crippen LogP contribution in [0.5, 0.6) is 0 Å². The molecule has 1 aromatic carbocycles. The lowest BCUT2D eigenvalue weighted by Gasteiger charge is -2.21. The fraction of sp³-hybridized carbons (Fsp3) is 0.385. The molecule has 16 heavy (non-hydrogen) atoms. The van der Waals surface area contributed by atoms with Gasteiger partial charge in [-0.05, 0) is 17.4 Å². The van der Waals surface area contributed by atoms with Crippen molar-refractivity contribution in [3.05, 3.63) is 47.0 Å². The zero-order chi connectivity index (χ0) is 10.5. The Morgan fingerprint density at radius 3 is 2.69 bits per heavy atom. The average Bonchev–Trinajstić information content (AvgIpc) is 2.68. The lowest BCUT2D eigenvalue weighted by molar-refractivity contribution is 0.387. The first-order valence-corrected chi connectivity index (χ1v) is 6.54. The van der Waals surface area contributed by atoms with Gasteiger partial charge in [-0.25, -0.2) is 0 Å². The van der Waals surface area contributed by atoms with E-state index in [0.29, 0.717) is 0 Å². The van der Waals surface area contributed by atoms with E-state index in [2.05, 4.69) is 47.6 Å². The van der Waals surface area contributed by atoms with E-state index >= 15 is 0 Å². The number of thioether (sulfide) groups is 1. The summed E-state index contributed by atoms with van der Waals surface area (Å²) in [4.78, 5) is 2.48. The highest BCUT2D eigenvalue weighted by Crippen LogP contribution is 2.27. The summed E-state index contributed by atoms with van der Waals surface area (Å²) in [5.41, 5.74) is 2.91. The molecule has 2 rings (SSSR count). The van der Waals surface area contributed by atoms with Crippen molar-refractivity contribution in [3.8, 4) is 0 Å². The molecule has 0 saturated carbocycles. The Balaban J connectivity index is 0.00000128. The molecule has 1 nitrogen and oxygen atoms in total. The molecule has 88 valence electrons. The van der Waals surface area contributed by atoms with Crippen molar-refractivity contribution >= 4 is 24.2 Å². The molecule has 1 heterocycles. The molecule has 0 radical (unpaired) electrons. The molecule has 0 atom stereocenters. The molecule has 0 aliphatic carbocycles. The van der Waals surface area contributed by atoms with Gasteiger partial charge in [0.25, 0.3) is 0 Å². The van der Waals surface area contributed by atoms with Crippen LogP contribution in [0.2, 0.25) is 0 Å². The van der Waals surface area contributed by atoms with Crippen LogP contribution in [0.1, 0.15) is 25.3 Å². The summed E-state index contributed by atoms with van der Waals surface area (Å²) < 4.78 is 0. The number of hydrogen-bond acceptors (Lipinski definition) is 2. The maximum atomic E-state index is 2.48. The van der Waals surface area contributed by atoms with Gasteiger partial charge in [0.15, 0.2) is 0 Å². The van der Waals surface area contributed by atoms with E-state index in [-0.39, 0.29) is 12.4 Å². The van der Waals surface area contributed by atoms with Crippen molar-refractivity contribution in [2.75, 3.05) is 5.88 Å². The number of nitrogens with zero attached hydrogens (tertiary/aromatic N) is 1. The first kappa shape index (κ1) is 13.5. The quantitative estimate of drug-likeness (QED) is 0.791. The highest BCUT2D eigenvalue weighted by atomic mass is 35.5. The highest BCUT2D eigenvalue weighted by molar-refractivity contribution is 8.02. The Morgan fingerprint density at radius 2 is 2.00 bits per heavy atom. The molecular weight excluding hydrogens is 238 g/mol. The third-order valence-electron chi connectivity index (χ3n) is 2.58. The van der Waals surface area contributed by atoms with Crippen LogP contribution in [0.4, 0.5) is 0 Å². The normalized spacial score (nSPS) is 14.6. The molecule has 0 unspecified atom stereocenters. The van der Waals surface area contributed by atoms with Gasteiger partial charge < -0.3 is 4.90 Å². The Hall–Kier alpha value is -0.600. The summed E-state index contributed by atoms with van der Waals surface area (Å²) in [5, 5.41) is 2.31. The number of benzene rings is 1. The van der Waals surface area contributed by atoms with Crippen LogP contribution in [0, 0.1) is 0 Å². The predicted octanol–water partition coefficient (Wildman–Crippen LogP) is 4.26. The Kier molecular flexibility index (Phi) is 5.78. The van der Waals surface area contributed by atoms with Gasteiger partial charge in [-0.2, -0.15) is 0 Å². The minimum Gasteiger partial charge on any atom is -0.360 e. The summed E-state index contributed by atoms with van der Waals surface area (Å²) in [5.74, 6) is 1.12. The molecular formula is C13H18ClNS. The van der Waals surface area contributed by atoms with Crippen LogP contribution < -0.4 is 0 Å². The van der Waals surface area contributed by atoms with E-state index in [1.807, 2.05) is 11.8 Å². The van der Waals surface area contributed by atoms with E-state index in [9.17, 15) is 0 Å². The van der Waals surface area contributed by atoms with Gasteiger partial charge >= 0.3 is 0 Å². The minimum absolute atomic E-state index is 0. The second kappa shape index (κ2) is 6.87. The SMILES string of the molecule is CCCC1=CSCN1Cc1ccccc1.Cl. The van der Waals surface area contributed by atoms with Crippen molar-refractivity contribution in [1.82, 2.24) is 4.90 Å². The summed E-state index contributed by atoms with van der Waals surface area (Å²) in [7, 11) is 0. The molecule has 0 fully saturated rings. The largest absolute Gasteiger partial charge is 0.360 e. The van der Waals surface area contributed by atoms with Crippen molar-refractivity contribution in [2.45, 2.75) is 26.3 Å². The van der Waals surface area contributed by atoms with Crippen LogP contribution >= 0.6 is 24.2 Å². The van der Waals surface area contributed by atoms with Gasteiger partial charge in [-0.1, -0.05) is 43.7 Å². The summed E-state index contributed by atoms with van der Waals surface area (Å²) in [6, 6.07) is 10.7. The minimum atomic E-state index is 0. The van der Waals surface area contributed by atoms with Gasteiger partial charge in [0.1, 0.15) is 0 Å². The predicted molar refractivity (Wildman–Crippen MR) is 74.7 cm³/mol. The van der Waals surface area contributed by atoms with Gasteiger partial charge in [0.05, 0.1) is 5.88 Å². The molecule has 1 aromatic rings. The van der Waals surface area contributed by atoms with E-state index in [1.165, 1.54) is 24.1 Å². The lowest BCUT2D eigenvalue weighted by atomic mass is 10.2. The van der Waals surface area contributed by atoms with Crippen molar-refractivity contribution in [1.29, 1.82) is 0 Å². The monoisotopic (exact) mass is 255 g/mol. The first-order valence-electron chi connectivity index (χ1n) is 5.49. The number of allylic oxidation sites excluding steroid dienone is 1. The summed E-state index contributed by atoms with van der Waals surface area (Å²) >= 11 is 1.91. The third-order valence-corrected chi connectivity index (χ3v) is 3.48. The number of rotatable bonds is 4. The Bertz CT molecular complexity index is 337. The molecule has 0 spiro atoms. The van der Waals surface area contributed by atoms with Gasteiger partial charge in [0, 0.05) is 12.2 Å². The molecule has 0 N–H and O–H groups in total. The highest BCUT2D eigenvalue weighted by Gasteiger charge is 2.14. The first-order chi connectivity index (χ1) is 7.40. The van der Waals surface area contributed by atoms with Crippen molar-refractivity contribution in [3.63, 3.8) is 0 Å². The zero-order valence-corrected chi connectivity index (χ0v) is 11.2. The fourth-order valence-electron chi connectivity index (χ4n) is 1.81. The standard InChI is InChI=1S/C13H17NS.ClH/c1-2-6-13-10-15-11-14(13)9-12-7-4-3-5-8-12;/h3-5,7-8,10H,2,6,9,11H2,1H3;1H. The van der Waals surface area contributed by atoms with Crippen LogP contribution in [-0.2, 0) is 6.54 Å². The van der Waals surface area contributed by atoms with Crippen LogP contribution in [0.15, 0.2) is 41.4 Å². The molecule has 0 aromatic heterocycles. The van der Waals surface area contributed by atoms with E-state index < -0.39 is 0 Å². The maximum absolute atomic E-state index is 2.48. The fourth-order valence-corrected chi connectivity index (χ4v) is 2.78. The van der Waals surface area contributed by atoms with Crippen molar-refractivity contribution < 1.29 is 0 Å². The molecule has 0 bridgehead atoms. The summed E-state index contributed by atoms with van der Waals surface area (Å²) in [6.07, 6.45) is 2.44. The topological polar surface area (TPSA) is 3.24 Å². The van der Waals surface area contributed by atoms with E-state index in [4.69, 9.17) is 0 Å². The molecule has 0 amide bonds. The Morgan fingerprint density at radius 1 is 1.25 bits per heavy atom. The van der Waals surface area contributed by atoms with Crippen LogP contribution in [-0.4, -0.2) is 10.8 Å². The molecule has 3 heteroatoms. The van der Waals surface area contributed by atoms with Crippen molar-refractivity contribution in [2.24, 2.45) is 0 Å². The second-order valence-electron chi connectivity index (χ2n) is 3.84. The van der Waals surface area contributed by atoms with Crippen LogP contribution in [0.3, 0.4) is 0 Å². The number of halogens is 1. The average molecular weight is 256 g/mol. The van der Waals surface area contributed by atoms with Gasteiger partial charge in [-0.15, -0.1) is 24.2 Å². The van der Waals surface area contributed by atoms with Crippen LogP contribution in [0.25, 0.3) is 0 Å². The molecule has 1 aliphatic heterocycles. The lowest BCUT2D eigenvalue weighted by Crippen LogP contribution is -2.18. The van der Waals surface area contributed by atoms with Gasteiger partial charge in [0.2, 0.25) is 0 Å². The Labute approximate surface area is 108 Å². The molecule has 1 aliphatic rings. The second-order valence-corrected chi connectivity index (χ2v) is 4.67. The van der Waals surface area contributed by atoms with E-state index in [1.54, 1.807) is 0 Å². The van der Waals surface area contributed by atoms with Gasteiger partial charge in [-0.3, -0.25) is 0 Å². The number of hydrogen-bond donors (Lipinski definition) is 0. The zero-order valence-electron chi connectivity index (χ0n) is 9.56.